The fourth-order valence-corrected chi connectivity index (χ4v) is 4.23. The third kappa shape index (κ3) is 2.90. The molecule has 0 bridgehead atoms. The summed E-state index contributed by atoms with van der Waals surface area (Å²) in [5, 5.41) is 4.62. The van der Waals surface area contributed by atoms with E-state index in [-0.39, 0.29) is 6.04 Å². The van der Waals surface area contributed by atoms with Crippen LogP contribution in [0.2, 0.25) is 0 Å². The molecule has 1 fully saturated rings. The maximum Gasteiger partial charge on any atom is 0.127 e. The fourth-order valence-electron chi connectivity index (χ4n) is 3.21. The summed E-state index contributed by atoms with van der Waals surface area (Å²) in [5.74, 6) is 1.98. The molecule has 1 unspecified atom stereocenters. The van der Waals surface area contributed by atoms with Gasteiger partial charge in [-0.1, -0.05) is 0 Å². The first-order valence-electron chi connectivity index (χ1n) is 8.10. The van der Waals surface area contributed by atoms with Crippen LogP contribution in [0.4, 0.5) is 0 Å². The van der Waals surface area contributed by atoms with Gasteiger partial charge in [-0.2, -0.15) is 0 Å². The summed E-state index contributed by atoms with van der Waals surface area (Å²) in [7, 11) is 3.75. The molecule has 1 saturated heterocycles. The first-order valence-corrected chi connectivity index (χ1v) is 8.91. The summed E-state index contributed by atoms with van der Waals surface area (Å²) >= 11 is 1.74. The molecule has 0 spiro atoms. The predicted octanol–water partition coefficient (Wildman–Crippen LogP) is 2.18. The second-order valence-electron chi connectivity index (χ2n) is 6.03. The summed E-state index contributed by atoms with van der Waals surface area (Å²) in [6.45, 7) is 3.76. The van der Waals surface area contributed by atoms with Gasteiger partial charge in [-0.05, 0) is 18.2 Å². The van der Waals surface area contributed by atoms with Crippen molar-refractivity contribution >= 4 is 21.6 Å². The lowest BCUT2D eigenvalue weighted by Crippen LogP contribution is -2.46. The lowest BCUT2D eigenvalue weighted by Gasteiger charge is -2.35. The van der Waals surface area contributed by atoms with E-state index in [0.29, 0.717) is 0 Å². The molecule has 1 aromatic carbocycles. The Morgan fingerprint density at radius 2 is 2.33 bits per heavy atom. The van der Waals surface area contributed by atoms with Crippen LogP contribution in [0, 0.1) is 0 Å². The van der Waals surface area contributed by atoms with E-state index in [1.165, 1.54) is 4.70 Å². The number of methoxy groups -OCH3 is 1. The lowest BCUT2D eigenvalue weighted by molar-refractivity contribution is 0.144. The quantitative estimate of drug-likeness (QED) is 0.787. The minimum absolute atomic E-state index is 0.278. The number of piperazine rings is 1. The Morgan fingerprint density at radius 3 is 3.12 bits per heavy atom. The van der Waals surface area contributed by atoms with Gasteiger partial charge in [0.25, 0.3) is 0 Å². The molecular formula is C17H21N5OS. The molecule has 1 N–H and O–H groups in total. The summed E-state index contributed by atoms with van der Waals surface area (Å²) in [4.78, 5) is 11.8. The van der Waals surface area contributed by atoms with Crippen molar-refractivity contribution in [3.05, 3.63) is 41.4 Å². The van der Waals surface area contributed by atoms with Gasteiger partial charge in [0.05, 0.1) is 29.9 Å². The van der Waals surface area contributed by atoms with E-state index >= 15 is 0 Å². The maximum atomic E-state index is 5.31. The van der Waals surface area contributed by atoms with Crippen LogP contribution < -0.4 is 10.1 Å². The van der Waals surface area contributed by atoms with Crippen LogP contribution in [0.25, 0.3) is 10.2 Å². The van der Waals surface area contributed by atoms with Crippen LogP contribution in [0.5, 0.6) is 5.75 Å². The van der Waals surface area contributed by atoms with Crippen molar-refractivity contribution < 1.29 is 4.74 Å². The molecule has 0 radical (unpaired) electrons. The Hall–Kier alpha value is -1.96. The average Bonchev–Trinajstić information content (AvgIpc) is 3.20. The molecule has 0 aliphatic carbocycles. The molecule has 1 aliphatic rings. The number of rotatable bonds is 4. The molecule has 7 heteroatoms. The molecule has 1 aliphatic heterocycles. The maximum absolute atomic E-state index is 5.31. The smallest absolute Gasteiger partial charge is 0.127 e. The van der Waals surface area contributed by atoms with Crippen LogP contribution in [-0.4, -0.2) is 46.2 Å². The van der Waals surface area contributed by atoms with Crippen LogP contribution >= 0.6 is 11.3 Å². The summed E-state index contributed by atoms with van der Waals surface area (Å²) in [6, 6.07) is 6.33. The Morgan fingerprint density at radius 1 is 1.42 bits per heavy atom. The van der Waals surface area contributed by atoms with Gasteiger partial charge in [-0.3, -0.25) is 4.90 Å². The van der Waals surface area contributed by atoms with Crippen LogP contribution in [0.3, 0.4) is 0 Å². The topological polar surface area (TPSA) is 55.2 Å². The number of hydrogen-bond acceptors (Lipinski definition) is 6. The van der Waals surface area contributed by atoms with Crippen LogP contribution in [0.1, 0.15) is 16.9 Å². The molecule has 6 nitrogen and oxygen atoms in total. The van der Waals surface area contributed by atoms with E-state index in [1.54, 1.807) is 18.4 Å². The molecule has 4 rings (SSSR count). The van der Waals surface area contributed by atoms with Crippen molar-refractivity contribution in [1.82, 2.24) is 24.8 Å². The predicted molar refractivity (Wildman–Crippen MR) is 95.4 cm³/mol. The van der Waals surface area contributed by atoms with Crippen molar-refractivity contribution in [3.63, 3.8) is 0 Å². The third-order valence-corrected chi connectivity index (χ3v) is 5.49. The van der Waals surface area contributed by atoms with E-state index in [4.69, 9.17) is 9.72 Å². The van der Waals surface area contributed by atoms with E-state index in [1.807, 2.05) is 24.5 Å². The van der Waals surface area contributed by atoms with Gasteiger partial charge in [0, 0.05) is 39.1 Å². The number of nitrogens with one attached hydrogen (secondary N) is 1. The van der Waals surface area contributed by atoms with Crippen molar-refractivity contribution in [1.29, 1.82) is 0 Å². The van der Waals surface area contributed by atoms with Crippen molar-refractivity contribution in [2.75, 3.05) is 26.7 Å². The number of imidazole rings is 1. The first kappa shape index (κ1) is 15.6. The monoisotopic (exact) mass is 343 g/mol. The van der Waals surface area contributed by atoms with Gasteiger partial charge in [0.2, 0.25) is 0 Å². The number of thiazole rings is 1. The average molecular weight is 343 g/mol. The molecule has 126 valence electrons. The van der Waals surface area contributed by atoms with Gasteiger partial charge in [-0.15, -0.1) is 11.3 Å². The number of ether oxygens (including phenoxy) is 1. The minimum Gasteiger partial charge on any atom is -0.497 e. The van der Waals surface area contributed by atoms with Gasteiger partial charge < -0.3 is 14.6 Å². The highest BCUT2D eigenvalue weighted by molar-refractivity contribution is 7.18. The fraction of sp³-hybridized carbons (Fsp3) is 0.412. The normalized spacial score (nSPS) is 19.0. The number of fused-ring (bicyclic) bond motifs is 1. The van der Waals surface area contributed by atoms with Gasteiger partial charge in [0.15, 0.2) is 0 Å². The molecule has 24 heavy (non-hydrogen) atoms. The standard InChI is InChI=1S/C17H21N5OS/c1-21-7-6-19-17(21)14-10-18-5-8-22(14)11-16-20-13-4-3-12(23-2)9-15(13)24-16/h3-4,6-7,9,14,18H,5,8,10-11H2,1-2H3. The first-order chi connectivity index (χ1) is 11.7. The van der Waals surface area contributed by atoms with E-state index in [0.717, 1.165) is 48.3 Å². The molecule has 3 heterocycles. The number of nitrogens with zero attached hydrogens (tertiary/aromatic N) is 4. The zero-order chi connectivity index (χ0) is 16.5. The summed E-state index contributed by atoms with van der Waals surface area (Å²) in [5.41, 5.74) is 1.04. The number of aromatic nitrogens is 3. The van der Waals surface area contributed by atoms with E-state index in [2.05, 4.69) is 32.9 Å². The van der Waals surface area contributed by atoms with Gasteiger partial charge in [0.1, 0.15) is 16.6 Å². The molecule has 2 aromatic heterocycles. The number of hydrogen-bond donors (Lipinski definition) is 1. The summed E-state index contributed by atoms with van der Waals surface area (Å²) in [6.07, 6.45) is 3.87. The minimum atomic E-state index is 0.278. The van der Waals surface area contributed by atoms with E-state index in [9.17, 15) is 0 Å². The Kier molecular flexibility index (Phi) is 4.22. The van der Waals surface area contributed by atoms with Gasteiger partial charge in [-0.25, -0.2) is 9.97 Å². The number of aryl methyl sites for hydroxylation is 1. The molecule has 0 saturated carbocycles. The van der Waals surface area contributed by atoms with Crippen LogP contribution in [-0.2, 0) is 13.6 Å². The second-order valence-corrected chi connectivity index (χ2v) is 7.14. The Balaban J connectivity index is 1.59. The molecule has 1 atom stereocenters. The SMILES string of the molecule is COc1ccc2nc(CN3CCNCC3c3nccn3C)sc2c1. The molecule has 3 aromatic rings. The lowest BCUT2D eigenvalue weighted by atomic mass is 10.2. The summed E-state index contributed by atoms with van der Waals surface area (Å²) < 4.78 is 8.59. The molecule has 0 amide bonds. The highest BCUT2D eigenvalue weighted by Crippen LogP contribution is 2.29. The molecular weight excluding hydrogens is 322 g/mol. The second kappa shape index (κ2) is 6.51. The van der Waals surface area contributed by atoms with E-state index < -0.39 is 0 Å². The van der Waals surface area contributed by atoms with Crippen molar-refractivity contribution in [2.45, 2.75) is 12.6 Å². The Labute approximate surface area is 145 Å². The van der Waals surface area contributed by atoms with Gasteiger partial charge >= 0.3 is 0 Å². The van der Waals surface area contributed by atoms with Crippen molar-refractivity contribution in [3.8, 4) is 5.75 Å². The van der Waals surface area contributed by atoms with Crippen LogP contribution in [0.15, 0.2) is 30.6 Å². The zero-order valence-corrected chi connectivity index (χ0v) is 14.7. The zero-order valence-electron chi connectivity index (χ0n) is 13.9. The number of benzene rings is 1. The third-order valence-electron chi connectivity index (χ3n) is 4.49. The Bertz CT molecular complexity index is 842. The largest absolute Gasteiger partial charge is 0.497 e. The highest BCUT2D eigenvalue weighted by Gasteiger charge is 2.27. The van der Waals surface area contributed by atoms with Crippen molar-refractivity contribution in [2.24, 2.45) is 7.05 Å². The highest BCUT2D eigenvalue weighted by atomic mass is 32.1.